The van der Waals surface area contributed by atoms with Crippen molar-refractivity contribution in [2.45, 2.75) is 6.92 Å². The number of fused-ring (bicyclic) bond motifs is 1. The molecule has 0 amide bonds. The van der Waals surface area contributed by atoms with Gasteiger partial charge in [-0.1, -0.05) is 0 Å². The summed E-state index contributed by atoms with van der Waals surface area (Å²) >= 11 is 0. The Morgan fingerprint density at radius 3 is 2.53 bits per heavy atom. The Morgan fingerprint density at radius 2 is 1.91 bits per heavy atom. The molecule has 1 fully saturated rings. The van der Waals surface area contributed by atoms with Gasteiger partial charge in [0, 0.05) is 44.1 Å². The SMILES string of the molecule is CCOC(=O)c1cn(-c2ccc(F)cc2)c2cc(N3CCNCC3)c([N+](=O)[O-])cc2c1=O. The Labute approximate surface area is 182 Å². The number of aromatic nitrogens is 1. The van der Waals surface area contributed by atoms with Gasteiger partial charge in [-0.05, 0) is 37.3 Å². The number of carbonyl (C=O) groups is 1. The molecule has 10 heteroatoms. The van der Waals surface area contributed by atoms with Crippen molar-refractivity contribution in [3.63, 3.8) is 0 Å². The number of nitro groups is 1. The highest BCUT2D eigenvalue weighted by molar-refractivity contribution is 5.96. The van der Waals surface area contributed by atoms with Crippen LogP contribution >= 0.6 is 0 Å². The minimum absolute atomic E-state index is 0.00506. The topological polar surface area (TPSA) is 107 Å². The minimum Gasteiger partial charge on any atom is -0.462 e. The molecule has 166 valence electrons. The van der Waals surface area contributed by atoms with Crippen LogP contribution in [0.4, 0.5) is 15.8 Å². The first-order chi connectivity index (χ1) is 15.4. The van der Waals surface area contributed by atoms with Gasteiger partial charge in [-0.15, -0.1) is 0 Å². The summed E-state index contributed by atoms with van der Waals surface area (Å²) in [5, 5.41) is 15.1. The number of hydrogen-bond donors (Lipinski definition) is 1. The zero-order chi connectivity index (χ0) is 22.8. The van der Waals surface area contributed by atoms with Crippen molar-refractivity contribution in [2.24, 2.45) is 0 Å². The summed E-state index contributed by atoms with van der Waals surface area (Å²) in [7, 11) is 0. The van der Waals surface area contributed by atoms with E-state index in [1.165, 1.54) is 36.5 Å². The maximum Gasteiger partial charge on any atom is 0.343 e. The average Bonchev–Trinajstić information content (AvgIpc) is 2.80. The van der Waals surface area contributed by atoms with Crippen LogP contribution in [0, 0.1) is 15.9 Å². The molecule has 0 unspecified atom stereocenters. The molecule has 4 rings (SSSR count). The van der Waals surface area contributed by atoms with E-state index in [0.29, 0.717) is 43.1 Å². The maximum absolute atomic E-state index is 13.5. The normalized spacial score (nSPS) is 13.9. The first kappa shape index (κ1) is 21.4. The van der Waals surface area contributed by atoms with Crippen LogP contribution in [0.25, 0.3) is 16.6 Å². The molecule has 1 saturated heterocycles. The molecule has 0 atom stereocenters. The highest BCUT2D eigenvalue weighted by Crippen LogP contribution is 2.33. The van der Waals surface area contributed by atoms with E-state index in [1.54, 1.807) is 17.6 Å². The third-order valence-electron chi connectivity index (χ3n) is 5.35. The Hall–Kier alpha value is -3.79. The summed E-state index contributed by atoms with van der Waals surface area (Å²) in [6.07, 6.45) is 1.34. The van der Waals surface area contributed by atoms with Crippen molar-refractivity contribution in [2.75, 3.05) is 37.7 Å². The van der Waals surface area contributed by atoms with Crippen molar-refractivity contribution in [3.05, 3.63) is 74.3 Å². The molecule has 1 aliphatic heterocycles. The summed E-state index contributed by atoms with van der Waals surface area (Å²) in [4.78, 5) is 38.8. The maximum atomic E-state index is 13.5. The summed E-state index contributed by atoms with van der Waals surface area (Å²) in [5.41, 5.74) is 0.0989. The number of anilines is 1. The fraction of sp³-hybridized carbons (Fsp3) is 0.273. The summed E-state index contributed by atoms with van der Waals surface area (Å²) in [5.74, 6) is -1.27. The number of rotatable bonds is 5. The highest BCUT2D eigenvalue weighted by Gasteiger charge is 2.26. The number of esters is 1. The molecule has 1 aromatic heterocycles. The molecule has 9 nitrogen and oxygen atoms in total. The van der Waals surface area contributed by atoms with Crippen molar-refractivity contribution >= 4 is 28.2 Å². The van der Waals surface area contributed by atoms with Crippen LogP contribution in [-0.4, -0.2) is 48.2 Å². The van der Waals surface area contributed by atoms with Crippen LogP contribution < -0.4 is 15.6 Å². The number of nitro benzene ring substituents is 1. The molecule has 3 aromatic rings. The van der Waals surface area contributed by atoms with Gasteiger partial charge in [-0.2, -0.15) is 0 Å². The van der Waals surface area contributed by atoms with Crippen LogP contribution in [0.1, 0.15) is 17.3 Å². The molecule has 0 aliphatic carbocycles. The summed E-state index contributed by atoms with van der Waals surface area (Å²) < 4.78 is 20.1. The van der Waals surface area contributed by atoms with Gasteiger partial charge in [0.25, 0.3) is 5.69 Å². The zero-order valence-corrected chi connectivity index (χ0v) is 17.3. The summed E-state index contributed by atoms with van der Waals surface area (Å²) in [6, 6.07) is 8.30. The Bertz CT molecular complexity index is 1250. The van der Waals surface area contributed by atoms with Crippen LogP contribution in [0.2, 0.25) is 0 Å². The first-order valence-electron chi connectivity index (χ1n) is 10.2. The van der Waals surface area contributed by atoms with Crippen LogP contribution in [0.15, 0.2) is 47.4 Å². The summed E-state index contributed by atoms with van der Waals surface area (Å²) in [6.45, 7) is 4.14. The fourth-order valence-electron chi connectivity index (χ4n) is 3.82. The Balaban J connectivity index is 2.05. The molecule has 0 saturated carbocycles. The van der Waals surface area contributed by atoms with Crippen molar-refractivity contribution in [3.8, 4) is 5.69 Å². The van der Waals surface area contributed by atoms with Gasteiger partial charge >= 0.3 is 5.97 Å². The van der Waals surface area contributed by atoms with Gasteiger partial charge in [0.1, 0.15) is 17.1 Å². The molecular weight excluding hydrogens is 419 g/mol. The lowest BCUT2D eigenvalue weighted by molar-refractivity contribution is -0.384. The number of piperazine rings is 1. The minimum atomic E-state index is -0.830. The predicted molar refractivity (Wildman–Crippen MR) is 117 cm³/mol. The van der Waals surface area contributed by atoms with E-state index in [2.05, 4.69) is 5.32 Å². The van der Waals surface area contributed by atoms with Crippen LogP contribution in [0.3, 0.4) is 0 Å². The van der Waals surface area contributed by atoms with Gasteiger partial charge in [-0.25, -0.2) is 9.18 Å². The number of pyridine rings is 1. The van der Waals surface area contributed by atoms with Crippen LogP contribution in [0.5, 0.6) is 0 Å². The van der Waals surface area contributed by atoms with Gasteiger partial charge in [0.05, 0.1) is 22.4 Å². The molecular formula is C22H21FN4O5. The average molecular weight is 440 g/mol. The van der Waals surface area contributed by atoms with E-state index in [4.69, 9.17) is 4.74 Å². The van der Waals surface area contributed by atoms with E-state index in [1.807, 2.05) is 4.90 Å². The number of benzene rings is 2. The van der Waals surface area contributed by atoms with Crippen molar-refractivity contribution in [1.29, 1.82) is 0 Å². The van der Waals surface area contributed by atoms with Gasteiger partial charge < -0.3 is 19.5 Å². The molecule has 1 N–H and O–H groups in total. The molecule has 0 spiro atoms. The molecule has 2 aromatic carbocycles. The smallest absolute Gasteiger partial charge is 0.343 e. The van der Waals surface area contributed by atoms with Crippen molar-refractivity contribution < 1.29 is 18.8 Å². The van der Waals surface area contributed by atoms with E-state index in [-0.39, 0.29) is 23.2 Å². The van der Waals surface area contributed by atoms with E-state index >= 15 is 0 Å². The lowest BCUT2D eigenvalue weighted by Crippen LogP contribution is -2.43. The number of ether oxygens (including phenoxy) is 1. The first-order valence-corrected chi connectivity index (χ1v) is 10.2. The lowest BCUT2D eigenvalue weighted by Gasteiger charge is -2.29. The number of hydrogen-bond acceptors (Lipinski definition) is 7. The second-order valence-corrected chi connectivity index (χ2v) is 7.29. The van der Waals surface area contributed by atoms with Gasteiger partial charge in [0.2, 0.25) is 5.43 Å². The number of carbonyl (C=O) groups excluding carboxylic acids is 1. The highest BCUT2D eigenvalue weighted by atomic mass is 19.1. The lowest BCUT2D eigenvalue weighted by atomic mass is 10.1. The Morgan fingerprint density at radius 1 is 1.22 bits per heavy atom. The molecule has 32 heavy (non-hydrogen) atoms. The quantitative estimate of drug-likeness (QED) is 0.369. The predicted octanol–water partition coefficient (Wildman–Crippen LogP) is 2.62. The van der Waals surface area contributed by atoms with E-state index in [9.17, 15) is 24.1 Å². The monoisotopic (exact) mass is 440 g/mol. The fourth-order valence-corrected chi connectivity index (χ4v) is 3.82. The van der Waals surface area contributed by atoms with Crippen LogP contribution in [-0.2, 0) is 4.74 Å². The number of nitrogens with zero attached hydrogens (tertiary/aromatic N) is 3. The molecule has 0 radical (unpaired) electrons. The number of halogens is 1. The van der Waals surface area contributed by atoms with Crippen molar-refractivity contribution in [1.82, 2.24) is 9.88 Å². The molecule has 0 bridgehead atoms. The third-order valence-corrected chi connectivity index (χ3v) is 5.35. The third kappa shape index (κ3) is 3.92. The van der Waals surface area contributed by atoms with E-state index < -0.39 is 22.1 Å². The van der Waals surface area contributed by atoms with E-state index in [0.717, 1.165) is 0 Å². The molecule has 2 heterocycles. The Kier molecular flexibility index (Phi) is 5.87. The molecule has 1 aliphatic rings. The number of nitrogens with one attached hydrogen (secondary N) is 1. The standard InChI is InChI=1S/C22H21FN4O5/c1-2-32-22(29)17-13-26(15-5-3-14(23)4-6-15)18-12-19(25-9-7-24-8-10-25)20(27(30)31)11-16(18)21(17)28/h3-6,11-13,24H,2,7-10H2,1H3. The largest absolute Gasteiger partial charge is 0.462 e. The van der Waals surface area contributed by atoms with Gasteiger partial charge in [0.15, 0.2) is 0 Å². The zero-order valence-electron chi connectivity index (χ0n) is 17.3. The van der Waals surface area contributed by atoms with Gasteiger partial charge in [-0.3, -0.25) is 14.9 Å². The second kappa shape index (κ2) is 8.75. The second-order valence-electron chi connectivity index (χ2n) is 7.29.